The molecule has 0 radical (unpaired) electrons. The van der Waals surface area contributed by atoms with Crippen LogP contribution in [-0.2, 0) is 4.74 Å². The van der Waals surface area contributed by atoms with Crippen LogP contribution in [0, 0.1) is 17.7 Å². The number of hydrogen-bond acceptors (Lipinski definition) is 5. The average Bonchev–Trinajstić information content (AvgIpc) is 3.19. The molecule has 7 heteroatoms. The standard InChI is InChI=1S/C22H18FNO5/c1-27-22(26)24(17-5-3-2-4-6-17)15-18(25)9-12-20-13-14-21(29-20)28-19-10-7-16(23)8-11-19/h2-8,10-11,13-14,18,25H,15H2,1H3. The lowest BCUT2D eigenvalue weighted by molar-refractivity contribution is 0.172. The third kappa shape index (κ3) is 5.61. The monoisotopic (exact) mass is 395 g/mol. The molecule has 1 atom stereocenters. The van der Waals surface area contributed by atoms with Gasteiger partial charge in [0.15, 0.2) is 5.76 Å². The Kier molecular flexibility index (Phi) is 6.51. The van der Waals surface area contributed by atoms with Crippen LogP contribution in [0.1, 0.15) is 5.76 Å². The Morgan fingerprint density at radius 2 is 1.86 bits per heavy atom. The second-order valence-electron chi connectivity index (χ2n) is 5.88. The van der Waals surface area contributed by atoms with Gasteiger partial charge < -0.3 is 19.0 Å². The van der Waals surface area contributed by atoms with E-state index in [0.717, 1.165) is 0 Å². The molecule has 0 saturated heterocycles. The number of ether oxygens (including phenoxy) is 2. The fourth-order valence-corrected chi connectivity index (χ4v) is 2.44. The van der Waals surface area contributed by atoms with Crippen LogP contribution in [0.5, 0.6) is 11.7 Å². The van der Waals surface area contributed by atoms with Crippen molar-refractivity contribution in [2.24, 2.45) is 0 Å². The molecule has 0 aliphatic heterocycles. The maximum absolute atomic E-state index is 12.9. The van der Waals surface area contributed by atoms with Crippen molar-refractivity contribution in [3.05, 3.63) is 78.3 Å². The van der Waals surface area contributed by atoms with Gasteiger partial charge in [-0.15, -0.1) is 0 Å². The van der Waals surface area contributed by atoms with E-state index in [1.165, 1.54) is 36.3 Å². The number of nitrogens with zero attached hydrogens (tertiary/aromatic N) is 1. The normalized spacial score (nSPS) is 11.1. The first-order chi connectivity index (χ1) is 14.0. The maximum atomic E-state index is 12.9. The Hall–Kier alpha value is -3.76. The van der Waals surface area contributed by atoms with Crippen LogP contribution in [0.2, 0.25) is 0 Å². The smallest absolute Gasteiger partial charge is 0.414 e. The number of furan rings is 1. The minimum absolute atomic E-state index is 0.0800. The van der Waals surface area contributed by atoms with E-state index in [2.05, 4.69) is 11.8 Å². The first-order valence-corrected chi connectivity index (χ1v) is 8.68. The highest BCUT2D eigenvalue weighted by Gasteiger charge is 2.18. The van der Waals surface area contributed by atoms with Crippen molar-refractivity contribution < 1.29 is 28.2 Å². The summed E-state index contributed by atoms with van der Waals surface area (Å²) in [5.74, 6) is 5.80. The third-order valence-electron chi connectivity index (χ3n) is 3.79. The number of carbonyl (C=O) groups excluding carboxylic acids is 1. The molecule has 0 aliphatic rings. The van der Waals surface area contributed by atoms with Gasteiger partial charge in [-0.05, 0) is 48.4 Å². The van der Waals surface area contributed by atoms with Crippen molar-refractivity contribution in [2.75, 3.05) is 18.6 Å². The summed E-state index contributed by atoms with van der Waals surface area (Å²) in [7, 11) is 1.27. The van der Waals surface area contributed by atoms with Gasteiger partial charge in [0.1, 0.15) is 17.7 Å². The lowest BCUT2D eigenvalue weighted by Gasteiger charge is -2.22. The van der Waals surface area contributed by atoms with Crippen LogP contribution < -0.4 is 9.64 Å². The van der Waals surface area contributed by atoms with Crippen molar-refractivity contribution in [1.82, 2.24) is 0 Å². The average molecular weight is 395 g/mol. The van der Waals surface area contributed by atoms with E-state index < -0.39 is 12.2 Å². The van der Waals surface area contributed by atoms with Crippen molar-refractivity contribution in [1.29, 1.82) is 0 Å². The fraction of sp³-hybridized carbons (Fsp3) is 0.136. The summed E-state index contributed by atoms with van der Waals surface area (Å²) < 4.78 is 28.6. The third-order valence-corrected chi connectivity index (χ3v) is 3.79. The molecule has 3 aromatic rings. The highest BCUT2D eigenvalue weighted by molar-refractivity contribution is 5.87. The number of rotatable bonds is 5. The van der Waals surface area contributed by atoms with Gasteiger partial charge in [-0.3, -0.25) is 4.90 Å². The molecular formula is C22H18FNO5. The van der Waals surface area contributed by atoms with E-state index in [0.29, 0.717) is 11.4 Å². The highest BCUT2D eigenvalue weighted by atomic mass is 19.1. The number of aliphatic hydroxyl groups is 1. The van der Waals surface area contributed by atoms with E-state index >= 15 is 0 Å². The summed E-state index contributed by atoms with van der Waals surface area (Å²) >= 11 is 0. The molecule has 1 aromatic heterocycles. The lowest BCUT2D eigenvalue weighted by atomic mass is 10.2. The van der Waals surface area contributed by atoms with Crippen LogP contribution in [0.4, 0.5) is 14.9 Å². The highest BCUT2D eigenvalue weighted by Crippen LogP contribution is 2.23. The number of anilines is 1. The number of amides is 1. The molecular weight excluding hydrogens is 377 g/mol. The molecule has 0 spiro atoms. The van der Waals surface area contributed by atoms with Crippen molar-refractivity contribution in [3.63, 3.8) is 0 Å². The Bertz CT molecular complexity index is 1000. The minimum atomic E-state index is -1.14. The summed E-state index contributed by atoms with van der Waals surface area (Å²) in [4.78, 5) is 13.3. The van der Waals surface area contributed by atoms with Crippen LogP contribution in [0.15, 0.2) is 71.1 Å². The summed E-state index contributed by atoms with van der Waals surface area (Å²) in [6.45, 7) is -0.0800. The van der Waals surface area contributed by atoms with Crippen LogP contribution in [0.3, 0.4) is 0 Å². The van der Waals surface area contributed by atoms with Gasteiger partial charge in [0.05, 0.1) is 13.7 Å². The second kappa shape index (κ2) is 9.44. The molecule has 1 unspecified atom stereocenters. The van der Waals surface area contributed by atoms with Gasteiger partial charge in [0.2, 0.25) is 0 Å². The predicted molar refractivity (Wildman–Crippen MR) is 104 cm³/mol. The Balaban J connectivity index is 1.65. The van der Waals surface area contributed by atoms with Gasteiger partial charge in [-0.1, -0.05) is 24.1 Å². The topological polar surface area (TPSA) is 72.1 Å². The second-order valence-corrected chi connectivity index (χ2v) is 5.88. The van der Waals surface area contributed by atoms with Crippen LogP contribution in [0.25, 0.3) is 0 Å². The predicted octanol–water partition coefficient (Wildman–Crippen LogP) is 4.20. The van der Waals surface area contributed by atoms with E-state index in [1.807, 2.05) is 6.07 Å². The molecule has 1 heterocycles. The van der Waals surface area contributed by atoms with Crippen molar-refractivity contribution in [2.45, 2.75) is 6.10 Å². The number of benzene rings is 2. The summed E-state index contributed by atoms with van der Waals surface area (Å²) in [5, 5.41) is 10.2. The van der Waals surface area contributed by atoms with Crippen LogP contribution >= 0.6 is 0 Å². The van der Waals surface area contributed by atoms with E-state index in [-0.39, 0.29) is 24.1 Å². The summed E-state index contributed by atoms with van der Waals surface area (Å²) in [5.41, 5.74) is 0.577. The van der Waals surface area contributed by atoms with Crippen LogP contribution in [-0.4, -0.2) is 31.0 Å². The molecule has 3 rings (SSSR count). The van der Waals surface area contributed by atoms with E-state index in [1.54, 1.807) is 36.4 Å². The molecule has 29 heavy (non-hydrogen) atoms. The number of para-hydroxylation sites is 1. The molecule has 6 nitrogen and oxygen atoms in total. The number of methoxy groups -OCH3 is 1. The quantitative estimate of drug-likeness (QED) is 0.656. The Morgan fingerprint density at radius 3 is 2.55 bits per heavy atom. The molecule has 0 aliphatic carbocycles. The molecule has 0 bridgehead atoms. The van der Waals surface area contributed by atoms with Gasteiger partial charge in [0.25, 0.3) is 5.95 Å². The zero-order valence-corrected chi connectivity index (χ0v) is 15.5. The minimum Gasteiger partial charge on any atom is -0.452 e. The van der Waals surface area contributed by atoms with E-state index in [4.69, 9.17) is 13.9 Å². The van der Waals surface area contributed by atoms with Crippen molar-refractivity contribution in [3.8, 4) is 23.5 Å². The molecule has 2 aromatic carbocycles. The van der Waals surface area contributed by atoms with Gasteiger partial charge >= 0.3 is 6.09 Å². The molecule has 148 valence electrons. The van der Waals surface area contributed by atoms with Gasteiger partial charge in [-0.25, -0.2) is 9.18 Å². The maximum Gasteiger partial charge on any atom is 0.414 e. The summed E-state index contributed by atoms with van der Waals surface area (Å²) in [6.07, 6.45) is -1.74. The van der Waals surface area contributed by atoms with E-state index in [9.17, 15) is 14.3 Å². The van der Waals surface area contributed by atoms with Gasteiger partial charge in [0, 0.05) is 11.8 Å². The van der Waals surface area contributed by atoms with Crippen molar-refractivity contribution >= 4 is 11.8 Å². The number of aliphatic hydroxyl groups excluding tert-OH is 1. The van der Waals surface area contributed by atoms with Gasteiger partial charge in [-0.2, -0.15) is 0 Å². The number of halogens is 1. The Morgan fingerprint density at radius 1 is 1.14 bits per heavy atom. The molecule has 0 fully saturated rings. The zero-order chi connectivity index (χ0) is 20.6. The fourth-order valence-electron chi connectivity index (χ4n) is 2.44. The molecule has 1 N–H and O–H groups in total. The first kappa shape index (κ1) is 20.0. The number of carbonyl (C=O) groups is 1. The lowest BCUT2D eigenvalue weighted by Crippen LogP contribution is -2.37. The molecule has 1 amide bonds. The molecule has 0 saturated carbocycles. The summed E-state index contributed by atoms with van der Waals surface area (Å²) in [6, 6.07) is 17.4. The zero-order valence-electron chi connectivity index (χ0n) is 15.5. The SMILES string of the molecule is COC(=O)N(CC(O)C#Cc1ccc(Oc2ccc(F)cc2)o1)c1ccccc1. The number of hydrogen-bond donors (Lipinski definition) is 1. The Labute approximate surface area is 167 Å². The largest absolute Gasteiger partial charge is 0.452 e. The first-order valence-electron chi connectivity index (χ1n) is 8.68.